The second-order valence-electron chi connectivity index (χ2n) is 10.8. The minimum atomic E-state index is -0.454. The van der Waals surface area contributed by atoms with Crippen molar-refractivity contribution < 1.29 is 9.31 Å². The fourth-order valence-corrected chi connectivity index (χ4v) is 6.94. The highest BCUT2D eigenvalue weighted by Crippen LogP contribution is 2.75. The van der Waals surface area contributed by atoms with Gasteiger partial charge in [-0.2, -0.15) is 0 Å². The number of rotatable bonds is 4. The van der Waals surface area contributed by atoms with Crippen molar-refractivity contribution in [1.29, 1.82) is 0 Å². The third-order valence-electron chi connectivity index (χ3n) is 9.07. The Morgan fingerprint density at radius 1 is 1.03 bits per heavy atom. The maximum absolute atomic E-state index is 12.0. The summed E-state index contributed by atoms with van der Waals surface area (Å²) in [5.74, 6) is 0.383. The molecule has 0 spiro atoms. The molecule has 1 aliphatic heterocycles. The van der Waals surface area contributed by atoms with Crippen molar-refractivity contribution in [1.82, 2.24) is 9.55 Å². The largest absolute Gasteiger partial charge is 0.494 e. The molecule has 4 atom stereocenters. The molecule has 2 bridgehead atoms. The Bertz CT molecular complexity index is 1350. The zero-order chi connectivity index (χ0) is 23.7. The van der Waals surface area contributed by atoms with Crippen LogP contribution in [0.25, 0.3) is 0 Å². The van der Waals surface area contributed by atoms with Gasteiger partial charge in [-0.3, -0.25) is 14.3 Å². The molecule has 7 heteroatoms. The summed E-state index contributed by atoms with van der Waals surface area (Å²) in [4.78, 5) is 25.6. The number of hydrogen-bond acceptors (Lipinski definition) is 4. The first kappa shape index (κ1) is 21.6. The summed E-state index contributed by atoms with van der Waals surface area (Å²) in [6, 6.07) is 20.0. The summed E-state index contributed by atoms with van der Waals surface area (Å²) in [5, 5.41) is 0. The first-order valence-corrected chi connectivity index (χ1v) is 12.0. The van der Waals surface area contributed by atoms with Crippen LogP contribution in [0.4, 0.5) is 0 Å². The van der Waals surface area contributed by atoms with E-state index in [0.717, 1.165) is 23.9 Å². The van der Waals surface area contributed by atoms with Crippen molar-refractivity contribution in [2.75, 3.05) is 0 Å². The summed E-state index contributed by atoms with van der Waals surface area (Å²) in [7, 11) is -0.439. The number of nitrogens with one attached hydrogen (secondary N) is 1. The fraction of sp³-hybridized carbons (Fsp3) is 0.407. The molecule has 1 aromatic heterocycles. The highest BCUT2D eigenvalue weighted by atomic mass is 16.7. The van der Waals surface area contributed by atoms with Gasteiger partial charge in [-0.15, -0.1) is 0 Å². The molecule has 1 N–H and O–H groups in total. The monoisotopic (exact) mass is 456 g/mol. The average Bonchev–Trinajstić information content (AvgIpc) is 3.39. The van der Waals surface area contributed by atoms with Crippen molar-refractivity contribution >= 4 is 12.6 Å². The van der Waals surface area contributed by atoms with E-state index in [1.54, 1.807) is 0 Å². The third-order valence-corrected chi connectivity index (χ3v) is 9.07. The number of aromatic nitrogens is 2. The number of benzene rings is 2. The van der Waals surface area contributed by atoms with Gasteiger partial charge >= 0.3 is 12.8 Å². The lowest BCUT2D eigenvalue weighted by Gasteiger charge is -2.41. The van der Waals surface area contributed by atoms with Crippen LogP contribution in [-0.4, -0.2) is 22.8 Å². The molecule has 2 aliphatic carbocycles. The first-order valence-electron chi connectivity index (χ1n) is 12.0. The van der Waals surface area contributed by atoms with Crippen LogP contribution < -0.4 is 16.7 Å². The van der Waals surface area contributed by atoms with E-state index in [9.17, 15) is 9.59 Å². The lowest BCUT2D eigenvalue weighted by molar-refractivity contribution is -0.0369. The van der Waals surface area contributed by atoms with Gasteiger partial charge in [-0.05, 0) is 40.8 Å². The van der Waals surface area contributed by atoms with Crippen LogP contribution in [0, 0.1) is 16.7 Å². The quantitative estimate of drug-likeness (QED) is 0.613. The summed E-state index contributed by atoms with van der Waals surface area (Å²) >= 11 is 0. The Kier molecular flexibility index (Phi) is 4.64. The molecule has 1 saturated heterocycles. The zero-order valence-corrected chi connectivity index (χ0v) is 19.8. The highest BCUT2D eigenvalue weighted by molar-refractivity contribution is 6.62. The fourth-order valence-electron chi connectivity index (χ4n) is 6.94. The van der Waals surface area contributed by atoms with E-state index in [1.807, 2.05) is 24.3 Å². The Hall–Kier alpha value is -2.90. The van der Waals surface area contributed by atoms with Crippen LogP contribution in [0.5, 0.6) is 0 Å². The van der Waals surface area contributed by atoms with Crippen LogP contribution in [-0.2, 0) is 21.5 Å². The molecular formula is C27H29BN2O4. The summed E-state index contributed by atoms with van der Waals surface area (Å²) in [6.07, 6.45) is 3.78. The van der Waals surface area contributed by atoms with Crippen molar-refractivity contribution in [2.45, 2.75) is 51.9 Å². The van der Waals surface area contributed by atoms with E-state index in [-0.39, 0.29) is 16.9 Å². The maximum Gasteiger partial charge on any atom is 0.494 e. The lowest BCUT2D eigenvalue weighted by atomic mass is 9.69. The van der Waals surface area contributed by atoms with E-state index in [2.05, 4.69) is 56.1 Å². The Morgan fingerprint density at radius 2 is 1.76 bits per heavy atom. The normalized spacial score (nSPS) is 31.1. The van der Waals surface area contributed by atoms with Crippen LogP contribution >= 0.6 is 0 Å². The number of aromatic amines is 1. The molecule has 34 heavy (non-hydrogen) atoms. The van der Waals surface area contributed by atoms with Crippen LogP contribution in [0.3, 0.4) is 0 Å². The maximum atomic E-state index is 12.0. The van der Waals surface area contributed by atoms with Crippen molar-refractivity contribution in [3.63, 3.8) is 0 Å². The highest BCUT2D eigenvalue weighted by Gasteiger charge is 2.77. The minimum Gasteiger partial charge on any atom is -0.401 e. The van der Waals surface area contributed by atoms with Crippen molar-refractivity contribution in [3.8, 4) is 0 Å². The molecule has 6 rings (SSSR count). The standard InChI is InChI=1S/C27H29BN2O4/c1-25(2)21-13-15-26(25,3)23-27(21,19-7-5-4-6-8-19)34-28(33-23)20-11-9-18(10-12-20)17-30-16-14-22(31)29-24(30)32/h4-12,14,16,21,23H,13,15,17H2,1-3H3,(H,29,31,32). The SMILES string of the molecule is CC1(C)C2CCC1(C)C1OB(c3ccc(Cn4ccc(=O)[nH]c4=O)cc3)OC21c1ccccc1. The van der Waals surface area contributed by atoms with Crippen molar-refractivity contribution in [2.24, 2.45) is 16.7 Å². The second kappa shape index (κ2) is 7.30. The molecule has 3 fully saturated rings. The average molecular weight is 456 g/mol. The molecule has 2 heterocycles. The van der Waals surface area contributed by atoms with Crippen molar-refractivity contribution in [3.05, 3.63) is 98.8 Å². The predicted octanol–water partition coefficient (Wildman–Crippen LogP) is 3.05. The zero-order valence-electron chi connectivity index (χ0n) is 19.8. The molecule has 0 amide bonds. The molecule has 0 radical (unpaired) electrons. The van der Waals surface area contributed by atoms with E-state index in [1.165, 1.54) is 22.4 Å². The smallest absolute Gasteiger partial charge is 0.401 e. The summed E-state index contributed by atoms with van der Waals surface area (Å²) in [6.45, 7) is 7.51. The molecule has 2 saturated carbocycles. The van der Waals surface area contributed by atoms with Gasteiger partial charge in [0.25, 0.3) is 5.56 Å². The van der Waals surface area contributed by atoms with E-state index in [0.29, 0.717) is 12.5 Å². The molecule has 174 valence electrons. The molecule has 2 aromatic carbocycles. The third kappa shape index (κ3) is 2.83. The second-order valence-corrected chi connectivity index (χ2v) is 10.8. The Balaban J connectivity index is 1.32. The first-order chi connectivity index (χ1) is 16.3. The molecule has 3 aromatic rings. The Labute approximate surface area is 199 Å². The molecule has 4 unspecified atom stereocenters. The predicted molar refractivity (Wildman–Crippen MR) is 131 cm³/mol. The van der Waals surface area contributed by atoms with E-state index >= 15 is 0 Å². The van der Waals surface area contributed by atoms with Gasteiger partial charge in [0.1, 0.15) is 5.60 Å². The van der Waals surface area contributed by atoms with Gasteiger partial charge < -0.3 is 9.31 Å². The van der Waals surface area contributed by atoms with Gasteiger partial charge in [0.05, 0.1) is 12.6 Å². The van der Waals surface area contributed by atoms with Crippen LogP contribution in [0.15, 0.2) is 76.4 Å². The van der Waals surface area contributed by atoms with Gasteiger partial charge in [0.2, 0.25) is 0 Å². The lowest BCUT2D eigenvalue weighted by Crippen LogP contribution is -2.45. The summed E-state index contributed by atoms with van der Waals surface area (Å²) < 4.78 is 15.2. The Morgan fingerprint density at radius 3 is 2.47 bits per heavy atom. The number of fused-ring (bicyclic) bond motifs is 5. The summed E-state index contributed by atoms with van der Waals surface area (Å²) in [5.41, 5.74) is 2.03. The number of H-pyrrole nitrogens is 1. The van der Waals surface area contributed by atoms with Gasteiger partial charge in [0, 0.05) is 17.7 Å². The minimum absolute atomic E-state index is 0.0134. The molecule has 6 nitrogen and oxygen atoms in total. The van der Waals surface area contributed by atoms with Gasteiger partial charge in [-0.25, -0.2) is 4.79 Å². The molecule has 3 aliphatic rings. The van der Waals surface area contributed by atoms with Crippen LogP contribution in [0.1, 0.15) is 44.7 Å². The number of hydrogen-bond donors (Lipinski definition) is 1. The molecular weight excluding hydrogens is 427 g/mol. The topological polar surface area (TPSA) is 73.3 Å². The van der Waals surface area contributed by atoms with E-state index in [4.69, 9.17) is 9.31 Å². The van der Waals surface area contributed by atoms with E-state index < -0.39 is 24.0 Å². The van der Waals surface area contributed by atoms with Crippen LogP contribution in [0.2, 0.25) is 0 Å². The van der Waals surface area contributed by atoms with Gasteiger partial charge in [0.15, 0.2) is 0 Å². The van der Waals surface area contributed by atoms with Gasteiger partial charge in [-0.1, -0.05) is 75.4 Å². The number of nitrogens with zero attached hydrogens (tertiary/aromatic N) is 1.